The highest BCUT2D eigenvalue weighted by Crippen LogP contribution is 2.15. The first-order valence-corrected chi connectivity index (χ1v) is 3.14. The molecule has 1 heterocycles. The average molecular weight is 129 g/mol. The van der Waals surface area contributed by atoms with Crippen molar-refractivity contribution in [3.8, 4) is 0 Å². The molecule has 3 heteroatoms. The van der Waals surface area contributed by atoms with Crippen LogP contribution in [0, 0.1) is 11.8 Å². The van der Waals surface area contributed by atoms with Crippen LogP contribution in [-0.2, 0) is 4.79 Å². The lowest BCUT2D eigenvalue weighted by Crippen LogP contribution is -2.17. The summed E-state index contributed by atoms with van der Waals surface area (Å²) in [6, 6.07) is 0. The van der Waals surface area contributed by atoms with E-state index in [0.29, 0.717) is 6.54 Å². The lowest BCUT2D eigenvalue weighted by molar-refractivity contribution is -0.122. The first-order chi connectivity index (χ1) is 4.25. The molecule has 1 saturated heterocycles. The van der Waals surface area contributed by atoms with Crippen LogP contribution in [0.3, 0.4) is 0 Å². The van der Waals surface area contributed by atoms with E-state index in [9.17, 15) is 4.79 Å². The maximum atomic E-state index is 10.7. The second-order valence-corrected chi connectivity index (χ2v) is 2.48. The Bertz CT molecular complexity index is 124. The minimum Gasteiger partial charge on any atom is -0.396 e. The van der Waals surface area contributed by atoms with Crippen LogP contribution in [-0.4, -0.2) is 24.2 Å². The lowest BCUT2D eigenvalue weighted by atomic mass is 9.99. The van der Waals surface area contributed by atoms with E-state index in [1.165, 1.54) is 0 Å². The van der Waals surface area contributed by atoms with Crippen molar-refractivity contribution < 1.29 is 9.90 Å². The quantitative estimate of drug-likeness (QED) is 0.495. The Hall–Kier alpha value is -0.570. The second-order valence-electron chi connectivity index (χ2n) is 2.48. The Labute approximate surface area is 54.1 Å². The minimum atomic E-state index is -0.00463. The minimum absolute atomic E-state index is 0.00463. The summed E-state index contributed by atoms with van der Waals surface area (Å²) < 4.78 is 0. The SMILES string of the molecule is C[C@@H]1C(=O)NC[C@@H]1CO. The molecule has 9 heavy (non-hydrogen) atoms. The number of aliphatic hydroxyl groups is 1. The summed E-state index contributed by atoms with van der Waals surface area (Å²) in [5.74, 6) is 0.196. The summed E-state index contributed by atoms with van der Waals surface area (Å²) >= 11 is 0. The van der Waals surface area contributed by atoms with Crippen molar-refractivity contribution in [2.24, 2.45) is 11.8 Å². The van der Waals surface area contributed by atoms with E-state index in [-0.39, 0.29) is 24.3 Å². The van der Waals surface area contributed by atoms with Gasteiger partial charge in [0.15, 0.2) is 0 Å². The summed E-state index contributed by atoms with van der Waals surface area (Å²) in [5.41, 5.74) is 0. The lowest BCUT2D eigenvalue weighted by Gasteiger charge is -2.05. The van der Waals surface area contributed by atoms with Crippen molar-refractivity contribution in [3.63, 3.8) is 0 Å². The second kappa shape index (κ2) is 2.35. The fourth-order valence-corrected chi connectivity index (χ4v) is 1.01. The standard InChI is InChI=1S/C6H11NO2/c1-4-5(3-8)2-7-6(4)9/h4-5,8H,2-3H2,1H3,(H,7,9)/t4-,5+/m0/s1. The molecule has 2 atom stereocenters. The van der Waals surface area contributed by atoms with Crippen LogP contribution in [0.5, 0.6) is 0 Å². The van der Waals surface area contributed by atoms with Crippen LogP contribution in [0.1, 0.15) is 6.92 Å². The van der Waals surface area contributed by atoms with Crippen LogP contribution in [0.25, 0.3) is 0 Å². The summed E-state index contributed by atoms with van der Waals surface area (Å²) in [4.78, 5) is 10.7. The van der Waals surface area contributed by atoms with Gasteiger partial charge in [0.1, 0.15) is 0 Å². The molecule has 0 bridgehead atoms. The Kier molecular flexibility index (Phi) is 1.71. The highest BCUT2D eigenvalue weighted by Gasteiger charge is 2.29. The van der Waals surface area contributed by atoms with Gasteiger partial charge in [-0.25, -0.2) is 0 Å². The zero-order valence-corrected chi connectivity index (χ0v) is 5.42. The number of hydrogen-bond acceptors (Lipinski definition) is 2. The third-order valence-electron chi connectivity index (χ3n) is 1.89. The Morgan fingerprint density at radius 3 is 2.78 bits per heavy atom. The predicted octanol–water partition coefficient (Wildman–Crippen LogP) is -0.639. The summed E-state index contributed by atoms with van der Waals surface area (Å²) in [5, 5.41) is 11.3. The smallest absolute Gasteiger partial charge is 0.223 e. The Morgan fingerprint density at radius 2 is 2.56 bits per heavy atom. The van der Waals surface area contributed by atoms with Gasteiger partial charge in [-0.2, -0.15) is 0 Å². The fourth-order valence-electron chi connectivity index (χ4n) is 1.01. The van der Waals surface area contributed by atoms with Gasteiger partial charge < -0.3 is 10.4 Å². The van der Waals surface area contributed by atoms with Crippen molar-refractivity contribution in [2.45, 2.75) is 6.92 Å². The van der Waals surface area contributed by atoms with E-state index in [1.54, 1.807) is 0 Å². The first-order valence-electron chi connectivity index (χ1n) is 3.14. The van der Waals surface area contributed by atoms with Gasteiger partial charge >= 0.3 is 0 Å². The number of nitrogens with one attached hydrogen (secondary N) is 1. The highest BCUT2D eigenvalue weighted by atomic mass is 16.3. The van der Waals surface area contributed by atoms with Crippen LogP contribution < -0.4 is 5.32 Å². The van der Waals surface area contributed by atoms with E-state index in [0.717, 1.165) is 0 Å². The molecule has 1 aliphatic heterocycles. The van der Waals surface area contributed by atoms with E-state index in [4.69, 9.17) is 5.11 Å². The molecular formula is C6H11NO2. The average Bonchev–Trinajstić information content (AvgIpc) is 2.15. The van der Waals surface area contributed by atoms with E-state index in [2.05, 4.69) is 5.32 Å². The van der Waals surface area contributed by atoms with E-state index < -0.39 is 0 Å². The molecule has 0 aliphatic carbocycles. The van der Waals surface area contributed by atoms with Gasteiger partial charge in [0, 0.05) is 25.0 Å². The normalized spacial score (nSPS) is 34.7. The van der Waals surface area contributed by atoms with Crippen molar-refractivity contribution in [2.75, 3.05) is 13.2 Å². The monoisotopic (exact) mass is 129 g/mol. The van der Waals surface area contributed by atoms with E-state index >= 15 is 0 Å². The molecule has 0 aromatic carbocycles. The van der Waals surface area contributed by atoms with Crippen molar-refractivity contribution in [1.82, 2.24) is 5.32 Å². The molecule has 0 aromatic heterocycles. The summed E-state index contributed by atoms with van der Waals surface area (Å²) in [7, 11) is 0. The maximum Gasteiger partial charge on any atom is 0.223 e. The molecule has 52 valence electrons. The number of carbonyl (C=O) groups excluding carboxylic acids is 1. The Morgan fingerprint density at radius 1 is 1.89 bits per heavy atom. The molecular weight excluding hydrogens is 118 g/mol. The maximum absolute atomic E-state index is 10.7. The van der Waals surface area contributed by atoms with Gasteiger partial charge in [-0.15, -0.1) is 0 Å². The van der Waals surface area contributed by atoms with E-state index in [1.807, 2.05) is 6.92 Å². The molecule has 1 rings (SSSR count). The number of carbonyl (C=O) groups is 1. The van der Waals surface area contributed by atoms with Gasteiger partial charge in [-0.3, -0.25) is 4.79 Å². The highest BCUT2D eigenvalue weighted by molar-refractivity contribution is 5.80. The van der Waals surface area contributed by atoms with Crippen molar-refractivity contribution in [1.29, 1.82) is 0 Å². The van der Waals surface area contributed by atoms with Gasteiger partial charge in [-0.05, 0) is 0 Å². The molecule has 1 amide bonds. The van der Waals surface area contributed by atoms with Gasteiger partial charge in [0.2, 0.25) is 5.91 Å². The molecule has 0 saturated carbocycles. The predicted molar refractivity (Wildman–Crippen MR) is 32.7 cm³/mol. The molecule has 0 aromatic rings. The number of aliphatic hydroxyl groups excluding tert-OH is 1. The number of rotatable bonds is 1. The first kappa shape index (κ1) is 6.55. The van der Waals surface area contributed by atoms with Crippen LogP contribution >= 0.6 is 0 Å². The zero-order valence-electron chi connectivity index (χ0n) is 5.42. The zero-order chi connectivity index (χ0) is 6.85. The topological polar surface area (TPSA) is 49.3 Å². The van der Waals surface area contributed by atoms with Crippen molar-refractivity contribution >= 4 is 5.91 Å². The summed E-state index contributed by atoms with van der Waals surface area (Å²) in [6.07, 6.45) is 0. The third-order valence-corrected chi connectivity index (χ3v) is 1.89. The van der Waals surface area contributed by atoms with Crippen LogP contribution in [0.2, 0.25) is 0 Å². The largest absolute Gasteiger partial charge is 0.396 e. The number of amides is 1. The summed E-state index contributed by atoms with van der Waals surface area (Å²) in [6.45, 7) is 2.58. The fraction of sp³-hybridized carbons (Fsp3) is 0.833. The molecule has 1 aliphatic rings. The molecule has 2 N–H and O–H groups in total. The number of hydrogen-bond donors (Lipinski definition) is 2. The van der Waals surface area contributed by atoms with Crippen LogP contribution in [0.15, 0.2) is 0 Å². The van der Waals surface area contributed by atoms with Crippen LogP contribution in [0.4, 0.5) is 0 Å². The third kappa shape index (κ3) is 1.05. The molecule has 0 unspecified atom stereocenters. The molecule has 0 spiro atoms. The van der Waals surface area contributed by atoms with Gasteiger partial charge in [-0.1, -0.05) is 6.92 Å². The van der Waals surface area contributed by atoms with Crippen molar-refractivity contribution in [3.05, 3.63) is 0 Å². The molecule has 1 fully saturated rings. The molecule has 0 radical (unpaired) electrons. The van der Waals surface area contributed by atoms with Gasteiger partial charge in [0.05, 0.1) is 0 Å². The Balaban J connectivity index is 2.51. The molecule has 3 nitrogen and oxygen atoms in total. The van der Waals surface area contributed by atoms with Gasteiger partial charge in [0.25, 0.3) is 0 Å².